The second-order valence-corrected chi connectivity index (χ2v) is 6.51. The van der Waals surface area contributed by atoms with Gasteiger partial charge in [-0.25, -0.2) is 4.98 Å². The maximum absolute atomic E-state index is 12.4. The Morgan fingerprint density at radius 2 is 2.24 bits per heavy atom. The number of thiazole rings is 1. The molecular formula is C15H15ClN2O2S. The van der Waals surface area contributed by atoms with Gasteiger partial charge in [-0.3, -0.25) is 4.79 Å². The third-order valence-electron chi connectivity index (χ3n) is 3.36. The van der Waals surface area contributed by atoms with E-state index in [0.717, 1.165) is 10.7 Å². The molecular weight excluding hydrogens is 308 g/mol. The first-order chi connectivity index (χ1) is 10.1. The van der Waals surface area contributed by atoms with Crippen LogP contribution in [0.1, 0.15) is 39.1 Å². The summed E-state index contributed by atoms with van der Waals surface area (Å²) in [6.07, 6.45) is 2.35. The van der Waals surface area contributed by atoms with Crippen molar-refractivity contribution in [3.8, 4) is 5.75 Å². The number of anilines is 1. The first kappa shape index (κ1) is 14.4. The number of hydrogen-bond donors (Lipinski definition) is 1. The minimum atomic E-state index is -0.169. The molecule has 1 amide bonds. The summed E-state index contributed by atoms with van der Waals surface area (Å²) in [6.45, 7) is 1.87. The molecule has 1 aromatic heterocycles. The first-order valence-electron chi connectivity index (χ1n) is 6.70. The molecule has 2 aromatic rings. The standard InChI is InChI=1S/C15H15ClN2O2S/c1-8-13(21-15(17-8)9-3-4-9)14(19)18-11-7-10(16)5-6-12(11)20-2/h5-7,9H,3-4H2,1-2H3,(H,18,19). The number of ether oxygens (including phenoxy) is 1. The summed E-state index contributed by atoms with van der Waals surface area (Å²) in [6, 6.07) is 5.13. The molecule has 110 valence electrons. The maximum Gasteiger partial charge on any atom is 0.267 e. The van der Waals surface area contributed by atoms with E-state index < -0.39 is 0 Å². The Hall–Kier alpha value is -1.59. The van der Waals surface area contributed by atoms with Crippen molar-refractivity contribution in [3.63, 3.8) is 0 Å². The van der Waals surface area contributed by atoms with Gasteiger partial charge in [0.1, 0.15) is 10.6 Å². The van der Waals surface area contributed by atoms with Crippen molar-refractivity contribution in [3.05, 3.63) is 38.8 Å². The first-order valence-corrected chi connectivity index (χ1v) is 7.90. The monoisotopic (exact) mass is 322 g/mol. The Kier molecular flexibility index (Phi) is 3.87. The van der Waals surface area contributed by atoms with Gasteiger partial charge in [0.15, 0.2) is 0 Å². The number of amides is 1. The molecule has 1 aromatic carbocycles. The molecule has 3 rings (SSSR count). The van der Waals surface area contributed by atoms with Gasteiger partial charge in [-0.1, -0.05) is 11.6 Å². The van der Waals surface area contributed by atoms with Crippen LogP contribution in [0.15, 0.2) is 18.2 Å². The molecule has 0 atom stereocenters. The predicted octanol–water partition coefficient (Wildman–Crippen LogP) is 4.24. The zero-order valence-electron chi connectivity index (χ0n) is 11.8. The molecule has 0 radical (unpaired) electrons. The van der Waals surface area contributed by atoms with Gasteiger partial charge in [-0.15, -0.1) is 11.3 Å². The Labute approximate surface area is 132 Å². The van der Waals surface area contributed by atoms with Crippen molar-refractivity contribution in [2.45, 2.75) is 25.7 Å². The number of methoxy groups -OCH3 is 1. The second-order valence-electron chi connectivity index (χ2n) is 5.04. The molecule has 0 aliphatic heterocycles. The van der Waals surface area contributed by atoms with Crippen LogP contribution in [-0.2, 0) is 0 Å². The van der Waals surface area contributed by atoms with Crippen LogP contribution < -0.4 is 10.1 Å². The van der Waals surface area contributed by atoms with Crippen LogP contribution in [0.5, 0.6) is 5.75 Å². The van der Waals surface area contributed by atoms with E-state index in [2.05, 4.69) is 10.3 Å². The van der Waals surface area contributed by atoms with E-state index in [1.165, 1.54) is 24.2 Å². The van der Waals surface area contributed by atoms with Gasteiger partial charge in [-0.2, -0.15) is 0 Å². The number of hydrogen-bond acceptors (Lipinski definition) is 4. The molecule has 1 saturated carbocycles. The minimum Gasteiger partial charge on any atom is -0.495 e. The van der Waals surface area contributed by atoms with E-state index in [4.69, 9.17) is 16.3 Å². The lowest BCUT2D eigenvalue weighted by Crippen LogP contribution is -2.12. The zero-order valence-corrected chi connectivity index (χ0v) is 13.3. The lowest BCUT2D eigenvalue weighted by Gasteiger charge is -2.09. The summed E-state index contributed by atoms with van der Waals surface area (Å²) in [5, 5.41) is 4.47. The number of benzene rings is 1. The zero-order chi connectivity index (χ0) is 15.0. The number of aryl methyl sites for hydroxylation is 1. The van der Waals surface area contributed by atoms with Crippen LogP contribution >= 0.6 is 22.9 Å². The van der Waals surface area contributed by atoms with Crippen LogP contribution in [0.4, 0.5) is 5.69 Å². The highest BCUT2D eigenvalue weighted by molar-refractivity contribution is 7.14. The van der Waals surface area contributed by atoms with Crippen LogP contribution in [0.25, 0.3) is 0 Å². The van der Waals surface area contributed by atoms with Gasteiger partial charge < -0.3 is 10.1 Å². The molecule has 1 aliphatic carbocycles. The molecule has 0 bridgehead atoms. The average Bonchev–Trinajstić information content (AvgIpc) is 3.22. The fraction of sp³-hybridized carbons (Fsp3) is 0.333. The normalized spacial score (nSPS) is 14.0. The Morgan fingerprint density at radius 3 is 2.90 bits per heavy atom. The number of carbonyl (C=O) groups is 1. The topological polar surface area (TPSA) is 51.2 Å². The van der Waals surface area contributed by atoms with E-state index in [9.17, 15) is 4.79 Å². The van der Waals surface area contributed by atoms with Crippen molar-refractivity contribution in [1.82, 2.24) is 4.98 Å². The Morgan fingerprint density at radius 1 is 1.48 bits per heavy atom. The van der Waals surface area contributed by atoms with Gasteiger partial charge in [0, 0.05) is 10.9 Å². The highest BCUT2D eigenvalue weighted by Gasteiger charge is 2.29. The van der Waals surface area contributed by atoms with Crippen molar-refractivity contribution in [2.75, 3.05) is 12.4 Å². The molecule has 0 spiro atoms. The number of nitrogens with zero attached hydrogens (tertiary/aromatic N) is 1. The van der Waals surface area contributed by atoms with Crippen LogP contribution in [0.2, 0.25) is 5.02 Å². The Bertz CT molecular complexity index is 695. The maximum atomic E-state index is 12.4. The highest BCUT2D eigenvalue weighted by Crippen LogP contribution is 2.42. The van der Waals surface area contributed by atoms with E-state index in [0.29, 0.717) is 27.3 Å². The van der Waals surface area contributed by atoms with Gasteiger partial charge in [0.2, 0.25) is 0 Å². The number of nitrogens with one attached hydrogen (secondary N) is 1. The third kappa shape index (κ3) is 3.04. The summed E-state index contributed by atoms with van der Waals surface area (Å²) in [5.74, 6) is 0.964. The average molecular weight is 323 g/mol. The lowest BCUT2D eigenvalue weighted by atomic mass is 10.2. The largest absolute Gasteiger partial charge is 0.495 e. The summed E-state index contributed by atoms with van der Waals surface area (Å²) in [5.41, 5.74) is 1.34. The molecule has 0 unspecified atom stereocenters. The van der Waals surface area contributed by atoms with Crippen molar-refractivity contribution in [2.24, 2.45) is 0 Å². The molecule has 6 heteroatoms. The SMILES string of the molecule is COc1ccc(Cl)cc1NC(=O)c1sc(C2CC2)nc1C. The Balaban J connectivity index is 1.84. The fourth-order valence-corrected chi connectivity index (χ4v) is 3.39. The van der Waals surface area contributed by atoms with E-state index in [-0.39, 0.29) is 5.91 Å². The van der Waals surface area contributed by atoms with Crippen molar-refractivity contribution < 1.29 is 9.53 Å². The van der Waals surface area contributed by atoms with E-state index in [1.807, 2.05) is 6.92 Å². The molecule has 0 saturated heterocycles. The predicted molar refractivity (Wildman–Crippen MR) is 84.8 cm³/mol. The molecule has 1 aliphatic rings. The third-order valence-corrected chi connectivity index (χ3v) is 4.91. The quantitative estimate of drug-likeness (QED) is 0.915. The van der Waals surface area contributed by atoms with Gasteiger partial charge >= 0.3 is 0 Å². The van der Waals surface area contributed by atoms with Crippen LogP contribution in [0.3, 0.4) is 0 Å². The molecule has 21 heavy (non-hydrogen) atoms. The summed E-state index contributed by atoms with van der Waals surface area (Å²) >= 11 is 7.45. The van der Waals surface area contributed by atoms with Gasteiger partial charge in [-0.05, 0) is 38.0 Å². The number of halogens is 1. The molecule has 1 N–H and O–H groups in total. The van der Waals surface area contributed by atoms with Gasteiger partial charge in [0.05, 0.1) is 23.5 Å². The summed E-state index contributed by atoms with van der Waals surface area (Å²) in [7, 11) is 1.56. The second kappa shape index (κ2) is 5.66. The fourth-order valence-electron chi connectivity index (χ4n) is 2.09. The molecule has 1 fully saturated rings. The minimum absolute atomic E-state index is 0.169. The summed E-state index contributed by atoms with van der Waals surface area (Å²) < 4.78 is 5.24. The molecule has 1 heterocycles. The van der Waals surface area contributed by atoms with Gasteiger partial charge in [0.25, 0.3) is 5.91 Å². The summed E-state index contributed by atoms with van der Waals surface area (Å²) in [4.78, 5) is 17.6. The smallest absolute Gasteiger partial charge is 0.267 e. The van der Waals surface area contributed by atoms with Crippen LogP contribution in [0, 0.1) is 6.92 Å². The van der Waals surface area contributed by atoms with Crippen LogP contribution in [-0.4, -0.2) is 18.0 Å². The van der Waals surface area contributed by atoms with Crippen molar-refractivity contribution >= 4 is 34.5 Å². The number of carbonyl (C=O) groups excluding carboxylic acids is 1. The lowest BCUT2D eigenvalue weighted by molar-refractivity contribution is 0.102. The van der Waals surface area contributed by atoms with E-state index in [1.54, 1.807) is 25.3 Å². The number of aromatic nitrogens is 1. The highest BCUT2D eigenvalue weighted by atomic mass is 35.5. The van der Waals surface area contributed by atoms with Crippen molar-refractivity contribution in [1.29, 1.82) is 0 Å². The van der Waals surface area contributed by atoms with E-state index >= 15 is 0 Å². The molecule has 4 nitrogen and oxygen atoms in total. The number of rotatable bonds is 4.